The van der Waals surface area contributed by atoms with Gasteiger partial charge in [-0.3, -0.25) is 0 Å². The van der Waals surface area contributed by atoms with Crippen LogP contribution >= 0.6 is 0 Å². The number of aliphatic hydroxyl groups is 1. The summed E-state index contributed by atoms with van der Waals surface area (Å²) in [5.74, 6) is 0.584. The van der Waals surface area contributed by atoms with Crippen molar-refractivity contribution < 1.29 is 5.11 Å². The second-order valence-corrected chi connectivity index (χ2v) is 3.26. The standard InChI is InChI=1S/C10H20O/c1-4-5-6-7-8-10(11)9(2)3/h11H,4-8H2,1-3H3. The van der Waals surface area contributed by atoms with Gasteiger partial charge in [0.25, 0.3) is 0 Å². The van der Waals surface area contributed by atoms with Gasteiger partial charge in [0, 0.05) is 6.42 Å². The van der Waals surface area contributed by atoms with E-state index in [1.54, 1.807) is 0 Å². The predicted octanol–water partition coefficient (Wildman–Crippen LogP) is 3.81. The summed E-state index contributed by atoms with van der Waals surface area (Å²) < 4.78 is 0. The number of hydrogen-bond acceptors (Lipinski definition) is 1. The lowest BCUT2D eigenvalue weighted by atomic mass is 10.1. The Labute approximate surface area is 70.1 Å². The molecule has 0 fully saturated rings. The smallest absolute Gasteiger partial charge is 0.0908 e. The second-order valence-electron chi connectivity index (χ2n) is 3.26. The molecule has 1 nitrogen and oxygen atoms in total. The Balaban J connectivity index is 3.32. The van der Waals surface area contributed by atoms with Crippen molar-refractivity contribution in [2.75, 3.05) is 0 Å². The SMILES string of the molecule is CCCCCCC(O)=C(C)C. The summed E-state index contributed by atoms with van der Waals surface area (Å²) in [5, 5.41) is 9.31. The Hall–Kier alpha value is -0.460. The molecule has 1 N–H and O–H groups in total. The molecule has 0 amide bonds. The molecule has 0 radical (unpaired) electrons. The van der Waals surface area contributed by atoms with Gasteiger partial charge in [-0.2, -0.15) is 0 Å². The number of allylic oxidation sites excluding steroid dienone is 2. The quantitative estimate of drug-likeness (QED) is 0.474. The lowest BCUT2D eigenvalue weighted by Crippen LogP contribution is -1.85. The third-order valence-corrected chi connectivity index (χ3v) is 1.84. The van der Waals surface area contributed by atoms with Crippen LogP contribution in [-0.2, 0) is 0 Å². The first-order valence-electron chi connectivity index (χ1n) is 4.53. The molecule has 0 aliphatic carbocycles. The van der Waals surface area contributed by atoms with E-state index in [0.29, 0.717) is 5.76 Å². The molecule has 1 heteroatoms. The van der Waals surface area contributed by atoms with Crippen LogP contribution in [0.2, 0.25) is 0 Å². The van der Waals surface area contributed by atoms with Crippen LogP contribution in [0.4, 0.5) is 0 Å². The topological polar surface area (TPSA) is 20.2 Å². The maximum absolute atomic E-state index is 9.31. The van der Waals surface area contributed by atoms with Crippen molar-refractivity contribution in [3.8, 4) is 0 Å². The number of aliphatic hydroxyl groups excluding tert-OH is 1. The molecule has 0 aromatic heterocycles. The second kappa shape index (κ2) is 6.26. The molecule has 0 spiro atoms. The molecule has 0 aromatic rings. The molecule has 0 aliphatic rings. The fraction of sp³-hybridized carbons (Fsp3) is 0.800. The van der Waals surface area contributed by atoms with E-state index >= 15 is 0 Å². The van der Waals surface area contributed by atoms with E-state index in [2.05, 4.69) is 6.92 Å². The molecule has 0 unspecified atom stereocenters. The van der Waals surface area contributed by atoms with E-state index in [-0.39, 0.29) is 0 Å². The molecule has 0 aromatic carbocycles. The van der Waals surface area contributed by atoms with Crippen molar-refractivity contribution in [2.24, 2.45) is 0 Å². The first-order chi connectivity index (χ1) is 5.18. The Morgan fingerprint density at radius 3 is 2.18 bits per heavy atom. The van der Waals surface area contributed by atoms with Crippen molar-refractivity contribution in [1.29, 1.82) is 0 Å². The van der Waals surface area contributed by atoms with Gasteiger partial charge in [-0.25, -0.2) is 0 Å². The summed E-state index contributed by atoms with van der Waals surface area (Å²) in [5.41, 5.74) is 1.06. The van der Waals surface area contributed by atoms with E-state index in [1.807, 2.05) is 13.8 Å². The molecule has 66 valence electrons. The van der Waals surface area contributed by atoms with Gasteiger partial charge in [0.1, 0.15) is 0 Å². The predicted molar refractivity (Wildman–Crippen MR) is 49.8 cm³/mol. The van der Waals surface area contributed by atoms with Gasteiger partial charge in [-0.15, -0.1) is 0 Å². The summed E-state index contributed by atoms with van der Waals surface area (Å²) in [4.78, 5) is 0. The molecule has 0 rings (SSSR count). The van der Waals surface area contributed by atoms with Gasteiger partial charge in [-0.1, -0.05) is 26.2 Å². The van der Waals surface area contributed by atoms with E-state index in [4.69, 9.17) is 0 Å². The summed E-state index contributed by atoms with van der Waals surface area (Å²) >= 11 is 0. The highest BCUT2D eigenvalue weighted by Crippen LogP contribution is 2.10. The van der Waals surface area contributed by atoms with Crippen LogP contribution in [0, 0.1) is 0 Å². The lowest BCUT2D eigenvalue weighted by Gasteiger charge is -2.01. The van der Waals surface area contributed by atoms with Crippen LogP contribution in [0.3, 0.4) is 0 Å². The average Bonchev–Trinajstić information content (AvgIpc) is 1.97. The van der Waals surface area contributed by atoms with Gasteiger partial charge in [-0.05, 0) is 25.8 Å². The van der Waals surface area contributed by atoms with E-state index < -0.39 is 0 Å². The fourth-order valence-corrected chi connectivity index (χ4v) is 0.969. The third-order valence-electron chi connectivity index (χ3n) is 1.84. The van der Waals surface area contributed by atoms with Crippen molar-refractivity contribution >= 4 is 0 Å². The average molecular weight is 156 g/mol. The minimum atomic E-state index is 0.584. The molecular formula is C10H20O. The van der Waals surface area contributed by atoms with Crippen LogP contribution < -0.4 is 0 Å². The van der Waals surface area contributed by atoms with Crippen molar-refractivity contribution in [3.05, 3.63) is 11.3 Å². The Bertz CT molecular complexity index is 121. The van der Waals surface area contributed by atoms with Gasteiger partial charge in [0.05, 0.1) is 5.76 Å². The molecular weight excluding hydrogens is 136 g/mol. The highest BCUT2D eigenvalue weighted by atomic mass is 16.3. The third kappa shape index (κ3) is 5.96. The molecule has 0 heterocycles. The van der Waals surface area contributed by atoms with Gasteiger partial charge in [0.15, 0.2) is 0 Å². The molecule has 0 aliphatic heterocycles. The van der Waals surface area contributed by atoms with Crippen molar-refractivity contribution in [1.82, 2.24) is 0 Å². The minimum Gasteiger partial charge on any atom is -0.512 e. The van der Waals surface area contributed by atoms with Gasteiger partial charge in [0.2, 0.25) is 0 Å². The zero-order valence-electron chi connectivity index (χ0n) is 7.98. The van der Waals surface area contributed by atoms with Crippen LogP contribution in [-0.4, -0.2) is 5.11 Å². The molecule has 0 saturated heterocycles. The maximum atomic E-state index is 9.31. The summed E-state index contributed by atoms with van der Waals surface area (Å²) in [7, 11) is 0. The first-order valence-corrected chi connectivity index (χ1v) is 4.53. The normalized spacial score (nSPS) is 9.73. The molecule has 11 heavy (non-hydrogen) atoms. The van der Waals surface area contributed by atoms with Crippen LogP contribution in [0.1, 0.15) is 52.9 Å². The molecule has 0 atom stereocenters. The van der Waals surface area contributed by atoms with Crippen LogP contribution in [0.5, 0.6) is 0 Å². The Kier molecular flexibility index (Phi) is 6.00. The Morgan fingerprint density at radius 2 is 1.73 bits per heavy atom. The first kappa shape index (κ1) is 10.5. The number of rotatable bonds is 5. The maximum Gasteiger partial charge on any atom is 0.0908 e. The van der Waals surface area contributed by atoms with Crippen molar-refractivity contribution in [2.45, 2.75) is 52.9 Å². The van der Waals surface area contributed by atoms with Crippen LogP contribution in [0.15, 0.2) is 11.3 Å². The summed E-state index contributed by atoms with van der Waals surface area (Å²) in [6.07, 6.45) is 5.78. The van der Waals surface area contributed by atoms with E-state index in [9.17, 15) is 5.11 Å². The highest BCUT2D eigenvalue weighted by Gasteiger charge is 1.94. The monoisotopic (exact) mass is 156 g/mol. The zero-order chi connectivity index (χ0) is 8.69. The van der Waals surface area contributed by atoms with Crippen LogP contribution in [0.25, 0.3) is 0 Å². The largest absolute Gasteiger partial charge is 0.512 e. The van der Waals surface area contributed by atoms with E-state index in [0.717, 1.165) is 18.4 Å². The fourth-order valence-electron chi connectivity index (χ4n) is 0.969. The zero-order valence-corrected chi connectivity index (χ0v) is 7.98. The minimum absolute atomic E-state index is 0.584. The van der Waals surface area contributed by atoms with Crippen molar-refractivity contribution in [3.63, 3.8) is 0 Å². The lowest BCUT2D eigenvalue weighted by molar-refractivity contribution is 0.374. The number of hydrogen-bond donors (Lipinski definition) is 1. The van der Waals surface area contributed by atoms with E-state index in [1.165, 1.54) is 19.3 Å². The van der Waals surface area contributed by atoms with Gasteiger partial charge >= 0.3 is 0 Å². The summed E-state index contributed by atoms with van der Waals surface area (Å²) in [6.45, 7) is 6.10. The highest BCUT2D eigenvalue weighted by molar-refractivity contribution is 5.00. The number of unbranched alkanes of at least 4 members (excludes halogenated alkanes) is 3. The Morgan fingerprint density at radius 1 is 1.09 bits per heavy atom. The summed E-state index contributed by atoms with van der Waals surface area (Å²) in [6, 6.07) is 0. The van der Waals surface area contributed by atoms with Gasteiger partial charge < -0.3 is 5.11 Å². The molecule has 0 saturated carbocycles. The molecule has 0 bridgehead atoms.